The number of para-hydroxylation sites is 1. The van der Waals surface area contributed by atoms with Crippen molar-refractivity contribution in [2.24, 2.45) is 17.8 Å². The lowest BCUT2D eigenvalue weighted by Gasteiger charge is -2.33. The Morgan fingerprint density at radius 2 is 1.43 bits per heavy atom. The number of carbonyl (C=O) groups is 9. The molecule has 0 bridgehead atoms. The molecule has 22 heteroatoms. The molecule has 1 aromatic carbocycles. The summed E-state index contributed by atoms with van der Waals surface area (Å²) in [6, 6.07) is 1.30. The van der Waals surface area contributed by atoms with Crippen LogP contribution >= 0.6 is 24.0 Å². The number of benzene rings is 1. The normalized spacial score (nSPS) is 18.3. The number of carbonyl (C=O) groups excluding carboxylic acids is 9. The number of methoxy groups -OCH3 is 1. The predicted molar refractivity (Wildman–Crippen MR) is 291 cm³/mol. The van der Waals surface area contributed by atoms with Gasteiger partial charge in [0.1, 0.15) is 41.9 Å². The van der Waals surface area contributed by atoms with Crippen molar-refractivity contribution in [3.05, 3.63) is 52.1 Å². The highest BCUT2D eigenvalue weighted by atomic mass is 32.1. The van der Waals surface area contributed by atoms with Gasteiger partial charge in [-0.05, 0) is 94.6 Å². The lowest BCUT2D eigenvalue weighted by Crippen LogP contribution is -2.61. The van der Waals surface area contributed by atoms with E-state index in [1.165, 1.54) is 17.4 Å². The average Bonchev–Trinajstić information content (AvgIpc) is 4.23. The van der Waals surface area contributed by atoms with Gasteiger partial charge in [-0.15, -0.1) is 11.3 Å². The number of H-pyrrole nitrogens is 1. The van der Waals surface area contributed by atoms with Crippen molar-refractivity contribution in [1.29, 1.82) is 0 Å². The SMILES string of the molecule is CCOC(=O)c1nc(C(=O)N[C@@H](CC[C@H](S)CC(=O)OC)C(=O)N[C@@H](CC(C)C)C(=O)N[C@H](C(=O)N[C@@H](CC(C)C)C(=O)N2CCC[C@H]2C(=O)N[C@@H](Cc2c[nH]c3ccccc23)C(=O)N2CCC[C@H]2C)[C@@H](C)CC)cs1. The summed E-state index contributed by atoms with van der Waals surface area (Å²) < 4.78 is 9.77. The Morgan fingerprint density at radius 3 is 2.09 bits per heavy atom. The van der Waals surface area contributed by atoms with Gasteiger partial charge in [0.05, 0.1) is 20.1 Å². The second kappa shape index (κ2) is 28.9. The number of aromatic amines is 1. The number of esters is 2. The van der Waals surface area contributed by atoms with Crippen LogP contribution in [0.15, 0.2) is 35.8 Å². The van der Waals surface area contributed by atoms with E-state index in [2.05, 4.69) is 49.2 Å². The lowest BCUT2D eigenvalue weighted by atomic mass is 9.95. The third-order valence-electron chi connectivity index (χ3n) is 14.1. The number of likely N-dealkylation sites (tertiary alicyclic amines) is 2. The molecule has 418 valence electrons. The van der Waals surface area contributed by atoms with Gasteiger partial charge in [0.15, 0.2) is 0 Å². The van der Waals surface area contributed by atoms with Crippen LogP contribution in [-0.2, 0) is 49.5 Å². The van der Waals surface area contributed by atoms with Crippen molar-refractivity contribution in [2.75, 3.05) is 26.8 Å². The van der Waals surface area contributed by atoms with E-state index in [-0.39, 0.29) is 86.2 Å². The van der Waals surface area contributed by atoms with Gasteiger partial charge in [0, 0.05) is 53.3 Å². The molecule has 6 N–H and O–H groups in total. The third-order valence-corrected chi connectivity index (χ3v) is 15.3. The van der Waals surface area contributed by atoms with Crippen molar-refractivity contribution in [3.8, 4) is 0 Å². The van der Waals surface area contributed by atoms with E-state index in [1.807, 2.05) is 76.9 Å². The summed E-state index contributed by atoms with van der Waals surface area (Å²) in [4.78, 5) is 135. The fourth-order valence-corrected chi connectivity index (χ4v) is 10.7. The topological polar surface area (TPSA) is 267 Å². The first-order chi connectivity index (χ1) is 36.1. The van der Waals surface area contributed by atoms with Crippen LogP contribution in [0, 0.1) is 17.8 Å². The van der Waals surface area contributed by atoms with E-state index in [1.54, 1.807) is 13.8 Å². The van der Waals surface area contributed by atoms with Gasteiger partial charge >= 0.3 is 11.9 Å². The smallest absolute Gasteiger partial charge is 0.367 e. The van der Waals surface area contributed by atoms with Crippen molar-refractivity contribution >= 4 is 88.2 Å². The number of thiazole rings is 1. The number of aromatic nitrogens is 2. The molecule has 2 aliphatic heterocycles. The number of amides is 7. The zero-order valence-electron chi connectivity index (χ0n) is 45.4. The highest BCUT2D eigenvalue weighted by Gasteiger charge is 2.42. The van der Waals surface area contributed by atoms with Crippen LogP contribution in [-0.4, -0.2) is 147 Å². The minimum absolute atomic E-state index is 0.0160. The number of ether oxygens (including phenoxy) is 2. The van der Waals surface area contributed by atoms with E-state index in [0.29, 0.717) is 25.8 Å². The van der Waals surface area contributed by atoms with E-state index in [4.69, 9.17) is 9.47 Å². The summed E-state index contributed by atoms with van der Waals surface area (Å²) in [5.74, 6) is -5.77. The highest BCUT2D eigenvalue weighted by Crippen LogP contribution is 2.26. The average molecular weight is 1090 g/mol. The Kier molecular flexibility index (Phi) is 23.1. The van der Waals surface area contributed by atoms with Crippen LogP contribution < -0.4 is 26.6 Å². The molecule has 4 heterocycles. The summed E-state index contributed by atoms with van der Waals surface area (Å²) >= 11 is 5.39. The molecular formula is C54H79N9O11S2. The van der Waals surface area contributed by atoms with Crippen molar-refractivity contribution in [1.82, 2.24) is 46.4 Å². The third kappa shape index (κ3) is 16.7. The minimum Gasteiger partial charge on any atom is -0.469 e. The molecular weight excluding hydrogens is 1010 g/mol. The minimum atomic E-state index is -1.26. The molecule has 2 saturated heterocycles. The van der Waals surface area contributed by atoms with Crippen molar-refractivity contribution < 1.29 is 52.6 Å². The molecule has 2 aromatic heterocycles. The van der Waals surface area contributed by atoms with Crippen LogP contribution in [0.1, 0.15) is 145 Å². The van der Waals surface area contributed by atoms with Gasteiger partial charge in [-0.3, -0.25) is 38.4 Å². The van der Waals surface area contributed by atoms with Gasteiger partial charge in [-0.2, -0.15) is 12.6 Å². The van der Waals surface area contributed by atoms with Crippen LogP contribution in [0.5, 0.6) is 0 Å². The molecule has 0 radical (unpaired) electrons. The van der Waals surface area contributed by atoms with Crippen LogP contribution in [0.4, 0.5) is 0 Å². The molecule has 0 saturated carbocycles. The van der Waals surface area contributed by atoms with Crippen LogP contribution in [0.3, 0.4) is 0 Å². The number of nitrogens with one attached hydrogen (secondary N) is 6. The van der Waals surface area contributed by atoms with Gasteiger partial charge in [-0.25, -0.2) is 9.78 Å². The van der Waals surface area contributed by atoms with Crippen LogP contribution in [0.2, 0.25) is 0 Å². The molecule has 76 heavy (non-hydrogen) atoms. The van der Waals surface area contributed by atoms with Gasteiger partial charge in [0.25, 0.3) is 5.91 Å². The van der Waals surface area contributed by atoms with Gasteiger partial charge in [0.2, 0.25) is 40.5 Å². The van der Waals surface area contributed by atoms with E-state index < -0.39 is 94.8 Å². The molecule has 2 aliphatic rings. The summed E-state index contributed by atoms with van der Waals surface area (Å²) in [7, 11) is 1.24. The molecule has 5 rings (SSSR count). The molecule has 0 aliphatic carbocycles. The Hall–Kier alpha value is -6.03. The largest absolute Gasteiger partial charge is 0.469 e. The number of rotatable bonds is 27. The molecule has 0 unspecified atom stereocenters. The summed E-state index contributed by atoms with van der Waals surface area (Å²) in [5, 5.41) is 16.0. The maximum Gasteiger partial charge on any atom is 0.367 e. The number of fused-ring (bicyclic) bond motifs is 1. The Labute approximate surface area is 455 Å². The molecule has 2 fully saturated rings. The Morgan fingerprint density at radius 1 is 0.789 bits per heavy atom. The zero-order valence-corrected chi connectivity index (χ0v) is 47.1. The first-order valence-electron chi connectivity index (χ1n) is 26.7. The Bertz CT molecular complexity index is 2510. The summed E-state index contributed by atoms with van der Waals surface area (Å²) in [6.07, 6.45) is 5.61. The first kappa shape index (κ1) is 60.8. The number of hydrogen-bond donors (Lipinski definition) is 7. The molecule has 9 atom stereocenters. The fourth-order valence-electron chi connectivity index (χ4n) is 9.74. The lowest BCUT2D eigenvalue weighted by molar-refractivity contribution is -0.143. The number of nitrogens with zero attached hydrogens (tertiary/aromatic N) is 3. The summed E-state index contributed by atoms with van der Waals surface area (Å²) in [6.45, 7) is 15.8. The second-order valence-corrected chi connectivity index (χ2v) is 22.5. The predicted octanol–water partition coefficient (Wildman–Crippen LogP) is 4.86. The van der Waals surface area contributed by atoms with Crippen molar-refractivity contribution in [3.63, 3.8) is 0 Å². The molecule has 3 aromatic rings. The monoisotopic (exact) mass is 1090 g/mol. The number of hydrogen-bond acceptors (Lipinski definition) is 14. The van der Waals surface area contributed by atoms with E-state index in [0.717, 1.165) is 40.6 Å². The highest BCUT2D eigenvalue weighted by molar-refractivity contribution is 7.81. The Balaban J connectivity index is 1.33. The summed E-state index contributed by atoms with van der Waals surface area (Å²) in [5.41, 5.74) is 1.66. The maximum absolute atomic E-state index is 14.7. The standard InChI is InChI=1S/C54H79N9O11S2/c1-10-32(7)45(61-47(66)39(24-30(3)4)57-46(65)38(21-20-35(75)27-44(64)73-9)56-48(67)42-29-76-51(60-42)54(72)74-11-2)50(69)59-40(25-31(5)6)53(71)63-23-15-19-43(63)49(68)58-41(52(70)62-22-14-16-33(62)8)26-34-28-55-37-18-13-12-17-36(34)37/h12-13,17-18,28-33,35,38-41,43,45,55,75H,10-11,14-16,19-27H2,1-9H3,(H,56,67)(H,57,65)(H,58,68)(H,59,69)(H,61,66)/t32-,33+,35-,38-,39-,40-,41-,43-,45-/m0/s1. The zero-order chi connectivity index (χ0) is 55.8. The fraction of sp³-hybridized carbons (Fsp3) is 0.630. The van der Waals surface area contributed by atoms with E-state index >= 15 is 0 Å². The molecule has 7 amide bonds. The molecule has 20 nitrogen and oxygen atoms in total. The quantitative estimate of drug-likeness (QED) is 0.0399. The molecule has 0 spiro atoms. The van der Waals surface area contributed by atoms with Crippen LogP contribution in [0.25, 0.3) is 10.9 Å². The first-order valence-corrected chi connectivity index (χ1v) is 28.1. The second-order valence-electron chi connectivity index (χ2n) is 20.9. The van der Waals surface area contributed by atoms with Gasteiger partial charge in [-0.1, -0.05) is 66.2 Å². The van der Waals surface area contributed by atoms with E-state index in [9.17, 15) is 43.2 Å². The van der Waals surface area contributed by atoms with Gasteiger partial charge < -0.3 is 50.8 Å². The van der Waals surface area contributed by atoms with Crippen molar-refractivity contribution in [2.45, 2.75) is 174 Å². The number of thiol groups is 1. The maximum atomic E-state index is 14.7.